The van der Waals surface area contributed by atoms with E-state index in [-0.39, 0.29) is 0 Å². The van der Waals surface area contributed by atoms with Crippen molar-refractivity contribution in [3.8, 4) is 0 Å². The molecule has 2 rings (SSSR count). The van der Waals surface area contributed by atoms with Gasteiger partial charge in [-0.25, -0.2) is 0 Å². The Labute approximate surface area is 125 Å². The lowest BCUT2D eigenvalue weighted by atomic mass is 9.89. The molecule has 2 fully saturated rings. The molecule has 0 aromatic rings. The summed E-state index contributed by atoms with van der Waals surface area (Å²) in [4.78, 5) is 5.30. The van der Waals surface area contributed by atoms with Crippen LogP contribution in [0.25, 0.3) is 0 Å². The fraction of sp³-hybridized carbons (Fsp3) is 1.00. The first-order valence-corrected chi connectivity index (χ1v) is 8.90. The molecule has 118 valence electrons. The third kappa shape index (κ3) is 4.19. The van der Waals surface area contributed by atoms with Gasteiger partial charge < -0.3 is 10.6 Å². The van der Waals surface area contributed by atoms with Gasteiger partial charge in [-0.15, -0.1) is 0 Å². The van der Waals surface area contributed by atoms with Crippen molar-refractivity contribution in [1.82, 2.24) is 9.80 Å². The van der Waals surface area contributed by atoms with E-state index in [1.54, 1.807) is 0 Å². The van der Waals surface area contributed by atoms with Crippen LogP contribution in [0.2, 0.25) is 0 Å². The fourth-order valence-corrected chi connectivity index (χ4v) is 4.36. The Bertz CT molecular complexity index is 261. The molecule has 0 amide bonds. The summed E-state index contributed by atoms with van der Waals surface area (Å²) in [5.41, 5.74) is 6.23. The maximum atomic E-state index is 6.23. The highest BCUT2D eigenvalue weighted by molar-refractivity contribution is 4.88. The molecular weight excluding hydrogens is 246 g/mol. The lowest BCUT2D eigenvalue weighted by molar-refractivity contribution is 0.0862. The standard InChI is InChI=1S/C17H35N3/c1-3-16-14-19(2)11-8-12-20(16)17(13-18)15-9-6-4-5-7-10-15/h15-17H,3-14,18H2,1-2H3. The summed E-state index contributed by atoms with van der Waals surface area (Å²) >= 11 is 0. The second-order valence-electron chi connectivity index (χ2n) is 6.97. The molecule has 1 aliphatic carbocycles. The van der Waals surface area contributed by atoms with Crippen molar-refractivity contribution in [3.05, 3.63) is 0 Å². The van der Waals surface area contributed by atoms with Gasteiger partial charge in [0, 0.05) is 31.7 Å². The van der Waals surface area contributed by atoms with Crippen LogP contribution in [0, 0.1) is 5.92 Å². The topological polar surface area (TPSA) is 32.5 Å². The zero-order valence-electron chi connectivity index (χ0n) is 13.7. The summed E-state index contributed by atoms with van der Waals surface area (Å²) in [7, 11) is 2.27. The highest BCUT2D eigenvalue weighted by atomic mass is 15.3. The van der Waals surface area contributed by atoms with Crippen molar-refractivity contribution in [3.63, 3.8) is 0 Å². The number of nitrogens with two attached hydrogens (primary N) is 1. The van der Waals surface area contributed by atoms with E-state index in [2.05, 4.69) is 23.8 Å². The van der Waals surface area contributed by atoms with E-state index in [0.717, 1.165) is 12.5 Å². The van der Waals surface area contributed by atoms with Gasteiger partial charge in [0.1, 0.15) is 0 Å². The monoisotopic (exact) mass is 281 g/mol. The number of nitrogens with zero attached hydrogens (tertiary/aromatic N) is 2. The third-order valence-electron chi connectivity index (χ3n) is 5.53. The lowest BCUT2D eigenvalue weighted by Gasteiger charge is -2.40. The molecule has 1 saturated heterocycles. The minimum absolute atomic E-state index is 0.629. The minimum Gasteiger partial charge on any atom is -0.329 e. The van der Waals surface area contributed by atoms with Crippen molar-refractivity contribution < 1.29 is 0 Å². The molecule has 0 spiro atoms. The number of likely N-dealkylation sites (N-methyl/N-ethyl adjacent to an activating group) is 1. The molecule has 3 nitrogen and oxygen atoms in total. The van der Waals surface area contributed by atoms with E-state index in [1.807, 2.05) is 0 Å². The number of hydrogen-bond donors (Lipinski definition) is 1. The highest BCUT2D eigenvalue weighted by Gasteiger charge is 2.32. The van der Waals surface area contributed by atoms with Crippen LogP contribution in [0.15, 0.2) is 0 Å². The van der Waals surface area contributed by atoms with Crippen LogP contribution in [0.3, 0.4) is 0 Å². The average molecular weight is 281 g/mol. The molecule has 2 aliphatic rings. The number of hydrogen-bond acceptors (Lipinski definition) is 3. The van der Waals surface area contributed by atoms with Gasteiger partial charge in [-0.2, -0.15) is 0 Å². The molecule has 0 aromatic heterocycles. The van der Waals surface area contributed by atoms with Gasteiger partial charge in [-0.3, -0.25) is 4.90 Å². The molecule has 1 heterocycles. The largest absolute Gasteiger partial charge is 0.329 e. The Kier molecular flexibility index (Phi) is 6.79. The quantitative estimate of drug-likeness (QED) is 0.804. The average Bonchev–Trinajstić information content (AvgIpc) is 2.81. The fourth-order valence-electron chi connectivity index (χ4n) is 4.36. The van der Waals surface area contributed by atoms with Crippen molar-refractivity contribution in [2.24, 2.45) is 11.7 Å². The van der Waals surface area contributed by atoms with Crippen LogP contribution in [0.1, 0.15) is 58.3 Å². The molecule has 1 saturated carbocycles. The van der Waals surface area contributed by atoms with Crippen LogP contribution >= 0.6 is 0 Å². The van der Waals surface area contributed by atoms with Crippen molar-refractivity contribution in [2.45, 2.75) is 70.4 Å². The molecule has 0 radical (unpaired) electrons. The van der Waals surface area contributed by atoms with Crippen LogP contribution < -0.4 is 5.73 Å². The predicted octanol–water partition coefficient (Wildman–Crippen LogP) is 2.70. The first kappa shape index (κ1) is 16.3. The van der Waals surface area contributed by atoms with Gasteiger partial charge >= 0.3 is 0 Å². The Morgan fingerprint density at radius 3 is 2.35 bits per heavy atom. The Balaban J connectivity index is 2.06. The van der Waals surface area contributed by atoms with E-state index in [1.165, 1.54) is 71.0 Å². The maximum Gasteiger partial charge on any atom is 0.0250 e. The smallest absolute Gasteiger partial charge is 0.0250 e. The maximum absolute atomic E-state index is 6.23. The summed E-state index contributed by atoms with van der Waals surface area (Å²) in [6, 6.07) is 1.34. The zero-order chi connectivity index (χ0) is 14.4. The van der Waals surface area contributed by atoms with E-state index in [9.17, 15) is 0 Å². The summed E-state index contributed by atoms with van der Waals surface area (Å²) in [6.45, 7) is 6.91. The molecule has 0 bridgehead atoms. The van der Waals surface area contributed by atoms with Gasteiger partial charge in [0.15, 0.2) is 0 Å². The third-order valence-corrected chi connectivity index (χ3v) is 5.53. The van der Waals surface area contributed by atoms with E-state index >= 15 is 0 Å². The van der Waals surface area contributed by atoms with Crippen LogP contribution in [-0.4, -0.2) is 55.1 Å². The van der Waals surface area contributed by atoms with Crippen LogP contribution in [0.4, 0.5) is 0 Å². The Morgan fingerprint density at radius 2 is 1.75 bits per heavy atom. The van der Waals surface area contributed by atoms with Crippen molar-refractivity contribution >= 4 is 0 Å². The molecule has 20 heavy (non-hydrogen) atoms. The second-order valence-corrected chi connectivity index (χ2v) is 6.97. The molecular formula is C17H35N3. The summed E-state index contributed by atoms with van der Waals surface area (Å²) < 4.78 is 0. The molecule has 3 heteroatoms. The first-order valence-electron chi connectivity index (χ1n) is 8.90. The zero-order valence-corrected chi connectivity index (χ0v) is 13.7. The Hall–Kier alpha value is -0.120. The van der Waals surface area contributed by atoms with E-state index in [0.29, 0.717) is 12.1 Å². The van der Waals surface area contributed by atoms with Gasteiger partial charge in [0.25, 0.3) is 0 Å². The predicted molar refractivity (Wildman–Crippen MR) is 86.9 cm³/mol. The van der Waals surface area contributed by atoms with Gasteiger partial charge in [-0.1, -0.05) is 32.6 Å². The summed E-state index contributed by atoms with van der Waals surface area (Å²) in [5.74, 6) is 0.847. The van der Waals surface area contributed by atoms with Crippen molar-refractivity contribution in [1.29, 1.82) is 0 Å². The molecule has 2 unspecified atom stereocenters. The highest BCUT2D eigenvalue weighted by Crippen LogP contribution is 2.30. The molecule has 2 N–H and O–H groups in total. The lowest BCUT2D eigenvalue weighted by Crippen LogP contribution is -2.52. The van der Waals surface area contributed by atoms with Gasteiger partial charge in [0.2, 0.25) is 0 Å². The van der Waals surface area contributed by atoms with E-state index in [4.69, 9.17) is 5.73 Å². The second kappa shape index (κ2) is 8.35. The normalized spacial score (nSPS) is 29.9. The number of rotatable bonds is 4. The van der Waals surface area contributed by atoms with Crippen molar-refractivity contribution in [2.75, 3.05) is 33.2 Å². The SMILES string of the molecule is CCC1CN(C)CCCN1C(CN)C1CCCCCC1. The molecule has 2 atom stereocenters. The van der Waals surface area contributed by atoms with Gasteiger partial charge in [0.05, 0.1) is 0 Å². The molecule has 0 aromatic carbocycles. The summed E-state index contributed by atoms with van der Waals surface area (Å²) in [6.07, 6.45) is 11.1. The minimum atomic E-state index is 0.629. The van der Waals surface area contributed by atoms with Crippen LogP contribution in [0.5, 0.6) is 0 Å². The van der Waals surface area contributed by atoms with Crippen LogP contribution in [-0.2, 0) is 0 Å². The Morgan fingerprint density at radius 1 is 1.05 bits per heavy atom. The summed E-state index contributed by atoms with van der Waals surface area (Å²) in [5, 5.41) is 0. The molecule has 1 aliphatic heterocycles. The van der Waals surface area contributed by atoms with Gasteiger partial charge in [-0.05, 0) is 45.2 Å². The van der Waals surface area contributed by atoms with E-state index < -0.39 is 0 Å². The first-order chi connectivity index (χ1) is 9.76.